The van der Waals surface area contributed by atoms with Gasteiger partial charge < -0.3 is 9.47 Å². The van der Waals surface area contributed by atoms with E-state index in [1.807, 2.05) is 26.0 Å². The average Bonchev–Trinajstić information content (AvgIpc) is 2.45. The Labute approximate surface area is 127 Å². The summed E-state index contributed by atoms with van der Waals surface area (Å²) in [5, 5.41) is 0. The summed E-state index contributed by atoms with van der Waals surface area (Å²) in [4.78, 5) is 24.6. The van der Waals surface area contributed by atoms with Gasteiger partial charge in [-0.15, -0.1) is 0 Å². The third kappa shape index (κ3) is 5.37. The Hall–Kier alpha value is -1.58. The highest BCUT2D eigenvalue weighted by Gasteiger charge is 2.36. The summed E-state index contributed by atoms with van der Waals surface area (Å²) in [5.74, 6) is -1.41. The number of allylic oxidation sites excluding steroid dienone is 3. The molecule has 0 bridgehead atoms. The molecule has 0 spiro atoms. The molecule has 0 saturated carbocycles. The maximum absolute atomic E-state index is 12.4. The Morgan fingerprint density at radius 1 is 1.14 bits per heavy atom. The molecule has 0 aromatic carbocycles. The molecule has 0 radical (unpaired) electrons. The van der Waals surface area contributed by atoms with Crippen LogP contribution in [0.5, 0.6) is 0 Å². The van der Waals surface area contributed by atoms with Gasteiger partial charge in [0.15, 0.2) is 0 Å². The number of carbonyl (C=O) groups is 2. The Balaban J connectivity index is 3.05. The van der Waals surface area contributed by atoms with Crippen LogP contribution in [0.2, 0.25) is 0 Å². The Morgan fingerprint density at radius 3 is 2.24 bits per heavy atom. The first-order valence-corrected chi connectivity index (χ1v) is 7.43. The van der Waals surface area contributed by atoms with Gasteiger partial charge in [0.2, 0.25) is 0 Å². The molecule has 1 aliphatic carbocycles. The van der Waals surface area contributed by atoms with Crippen molar-refractivity contribution in [3.8, 4) is 0 Å². The van der Waals surface area contributed by atoms with Crippen molar-refractivity contribution in [3.63, 3.8) is 0 Å². The largest absolute Gasteiger partial charge is 0.463 e. The van der Waals surface area contributed by atoms with E-state index in [4.69, 9.17) is 9.47 Å². The standard InChI is InChI=1S/C17H26O4/c1-11(2)20-15(18)13-8-7-9-17(5,6)10-14(13)16(19)21-12(3)4/h7-9,11-12,14H,10H2,1-6H3. The summed E-state index contributed by atoms with van der Waals surface area (Å²) in [5.41, 5.74) is 0.188. The first kappa shape index (κ1) is 17.5. The van der Waals surface area contributed by atoms with Gasteiger partial charge in [0.1, 0.15) is 0 Å². The molecule has 0 aromatic rings. The first-order chi connectivity index (χ1) is 9.62. The van der Waals surface area contributed by atoms with E-state index in [0.29, 0.717) is 12.0 Å². The van der Waals surface area contributed by atoms with Gasteiger partial charge in [-0.25, -0.2) is 4.79 Å². The predicted molar refractivity (Wildman–Crippen MR) is 81.6 cm³/mol. The molecule has 0 N–H and O–H groups in total. The van der Waals surface area contributed by atoms with Crippen molar-refractivity contribution in [1.29, 1.82) is 0 Å². The lowest BCUT2D eigenvalue weighted by molar-refractivity contribution is -0.155. The van der Waals surface area contributed by atoms with Gasteiger partial charge in [-0.2, -0.15) is 0 Å². The molecule has 1 rings (SSSR count). The maximum atomic E-state index is 12.4. The minimum atomic E-state index is -0.594. The molecule has 118 valence electrons. The van der Waals surface area contributed by atoms with Crippen LogP contribution in [0.1, 0.15) is 48.0 Å². The maximum Gasteiger partial charge on any atom is 0.335 e. The number of ether oxygens (including phenoxy) is 2. The van der Waals surface area contributed by atoms with Gasteiger partial charge >= 0.3 is 11.9 Å². The van der Waals surface area contributed by atoms with E-state index in [1.165, 1.54) is 0 Å². The number of rotatable bonds is 4. The molecule has 21 heavy (non-hydrogen) atoms. The summed E-state index contributed by atoms with van der Waals surface area (Å²) < 4.78 is 10.6. The first-order valence-electron chi connectivity index (χ1n) is 7.43. The van der Waals surface area contributed by atoms with Gasteiger partial charge in [-0.1, -0.05) is 32.1 Å². The van der Waals surface area contributed by atoms with Crippen LogP contribution in [0.25, 0.3) is 0 Å². The molecule has 0 saturated heterocycles. The lowest BCUT2D eigenvalue weighted by atomic mass is 9.81. The number of hydrogen-bond acceptors (Lipinski definition) is 4. The SMILES string of the molecule is CC(C)OC(=O)C1=CC=CC(C)(C)CC1C(=O)OC(C)C. The molecule has 0 fully saturated rings. The fraction of sp³-hybridized carbons (Fsp3) is 0.647. The van der Waals surface area contributed by atoms with E-state index in [-0.39, 0.29) is 23.6 Å². The number of carbonyl (C=O) groups excluding carboxylic acids is 2. The van der Waals surface area contributed by atoms with Gasteiger partial charge in [-0.05, 0) is 39.5 Å². The van der Waals surface area contributed by atoms with Gasteiger partial charge in [0.05, 0.1) is 23.7 Å². The molecule has 4 nitrogen and oxygen atoms in total. The second-order valence-corrected chi connectivity index (χ2v) is 6.67. The van der Waals surface area contributed by atoms with Crippen LogP contribution in [0, 0.1) is 11.3 Å². The molecular weight excluding hydrogens is 268 g/mol. The van der Waals surface area contributed by atoms with Gasteiger partial charge in [0.25, 0.3) is 0 Å². The number of hydrogen-bond donors (Lipinski definition) is 0. The Bertz CT molecular complexity index is 455. The van der Waals surface area contributed by atoms with Crippen LogP contribution in [0.4, 0.5) is 0 Å². The molecule has 0 heterocycles. The normalized spacial score (nSPS) is 21.0. The zero-order valence-electron chi connectivity index (χ0n) is 13.8. The van der Waals surface area contributed by atoms with Crippen molar-refractivity contribution >= 4 is 11.9 Å². The third-order valence-corrected chi connectivity index (χ3v) is 3.14. The minimum absolute atomic E-state index is 0.184. The molecule has 1 unspecified atom stereocenters. The lowest BCUT2D eigenvalue weighted by Gasteiger charge is -2.26. The lowest BCUT2D eigenvalue weighted by Crippen LogP contribution is -2.30. The van der Waals surface area contributed by atoms with Crippen molar-refractivity contribution in [2.24, 2.45) is 11.3 Å². The monoisotopic (exact) mass is 294 g/mol. The molecule has 1 atom stereocenters. The summed E-state index contributed by atoms with van der Waals surface area (Å²) in [6.07, 6.45) is 5.58. The van der Waals surface area contributed by atoms with Crippen LogP contribution in [-0.2, 0) is 19.1 Å². The quantitative estimate of drug-likeness (QED) is 0.746. The molecule has 4 heteroatoms. The average molecular weight is 294 g/mol. The molecule has 0 amide bonds. The van der Waals surface area contributed by atoms with Crippen molar-refractivity contribution in [3.05, 3.63) is 23.8 Å². The third-order valence-electron chi connectivity index (χ3n) is 3.14. The molecule has 0 aromatic heterocycles. The van der Waals surface area contributed by atoms with Crippen molar-refractivity contribution in [2.45, 2.75) is 60.2 Å². The second kappa shape index (κ2) is 6.92. The summed E-state index contributed by atoms with van der Waals surface area (Å²) in [6.45, 7) is 11.2. The highest BCUT2D eigenvalue weighted by Crippen LogP contribution is 2.35. The van der Waals surface area contributed by atoms with Gasteiger partial charge in [-0.3, -0.25) is 4.79 Å². The van der Waals surface area contributed by atoms with E-state index in [9.17, 15) is 9.59 Å². The van der Waals surface area contributed by atoms with E-state index in [0.717, 1.165) is 0 Å². The number of esters is 2. The smallest absolute Gasteiger partial charge is 0.335 e. The van der Waals surface area contributed by atoms with Crippen LogP contribution in [0.15, 0.2) is 23.8 Å². The van der Waals surface area contributed by atoms with E-state index in [2.05, 4.69) is 0 Å². The van der Waals surface area contributed by atoms with E-state index >= 15 is 0 Å². The fourth-order valence-electron chi connectivity index (χ4n) is 2.25. The highest BCUT2D eigenvalue weighted by molar-refractivity contribution is 5.96. The zero-order chi connectivity index (χ0) is 16.2. The van der Waals surface area contributed by atoms with Crippen LogP contribution < -0.4 is 0 Å². The summed E-state index contributed by atoms with van der Waals surface area (Å²) in [7, 11) is 0. The van der Waals surface area contributed by atoms with Crippen LogP contribution in [-0.4, -0.2) is 24.1 Å². The van der Waals surface area contributed by atoms with E-state index < -0.39 is 11.9 Å². The van der Waals surface area contributed by atoms with Crippen LogP contribution >= 0.6 is 0 Å². The van der Waals surface area contributed by atoms with E-state index in [1.54, 1.807) is 33.8 Å². The van der Waals surface area contributed by atoms with Crippen LogP contribution in [0.3, 0.4) is 0 Å². The second-order valence-electron chi connectivity index (χ2n) is 6.67. The molecular formula is C17H26O4. The Morgan fingerprint density at radius 2 is 1.71 bits per heavy atom. The van der Waals surface area contributed by atoms with Crippen molar-refractivity contribution < 1.29 is 19.1 Å². The molecule has 0 aliphatic heterocycles. The topological polar surface area (TPSA) is 52.6 Å². The highest BCUT2D eigenvalue weighted by atomic mass is 16.5. The minimum Gasteiger partial charge on any atom is -0.463 e. The summed E-state index contributed by atoms with van der Waals surface area (Å²) >= 11 is 0. The predicted octanol–water partition coefficient (Wildman–Crippen LogP) is 3.42. The fourth-order valence-corrected chi connectivity index (χ4v) is 2.25. The Kier molecular flexibility index (Phi) is 5.76. The molecule has 1 aliphatic rings. The summed E-state index contributed by atoms with van der Waals surface area (Å²) in [6, 6.07) is 0. The van der Waals surface area contributed by atoms with Gasteiger partial charge in [0, 0.05) is 0 Å². The zero-order valence-corrected chi connectivity index (χ0v) is 13.8. The van der Waals surface area contributed by atoms with Crippen molar-refractivity contribution in [2.75, 3.05) is 0 Å². The van der Waals surface area contributed by atoms with Crippen molar-refractivity contribution in [1.82, 2.24) is 0 Å².